The molecule has 21 heavy (non-hydrogen) atoms. The number of rotatable bonds is 4. The van der Waals surface area contributed by atoms with E-state index in [2.05, 4.69) is 31.3 Å². The molecule has 4 nitrogen and oxygen atoms in total. The molecule has 2 heterocycles. The molecule has 0 saturated carbocycles. The van der Waals surface area contributed by atoms with Crippen LogP contribution in [0.2, 0.25) is 5.02 Å². The molecule has 3 rings (SSSR count). The van der Waals surface area contributed by atoms with Gasteiger partial charge in [0.05, 0.1) is 11.9 Å². The zero-order valence-corrected chi connectivity index (χ0v) is 13.3. The summed E-state index contributed by atoms with van der Waals surface area (Å²) < 4.78 is 2.71. The summed E-state index contributed by atoms with van der Waals surface area (Å²) in [4.78, 5) is 4.38. The molecule has 0 amide bonds. The topological polar surface area (TPSA) is 42.7 Å². The van der Waals surface area contributed by atoms with Crippen LogP contribution in [0.5, 0.6) is 0 Å². The van der Waals surface area contributed by atoms with Crippen LogP contribution < -0.4 is 5.32 Å². The quantitative estimate of drug-likeness (QED) is 0.751. The van der Waals surface area contributed by atoms with Crippen LogP contribution in [0.3, 0.4) is 0 Å². The summed E-state index contributed by atoms with van der Waals surface area (Å²) >= 11 is 9.44. The van der Waals surface area contributed by atoms with Crippen LogP contribution in [0.25, 0.3) is 5.82 Å². The molecule has 0 aliphatic carbocycles. The SMILES string of the molecule is Clc1ccc(CNc2ccc(-n3cccn3)nc2)c(Br)c1. The van der Waals surface area contributed by atoms with Gasteiger partial charge in [-0.2, -0.15) is 5.10 Å². The van der Waals surface area contributed by atoms with E-state index in [-0.39, 0.29) is 0 Å². The summed E-state index contributed by atoms with van der Waals surface area (Å²) in [6, 6.07) is 11.5. The van der Waals surface area contributed by atoms with Gasteiger partial charge in [-0.1, -0.05) is 33.6 Å². The smallest absolute Gasteiger partial charge is 0.153 e. The Kier molecular flexibility index (Phi) is 4.22. The van der Waals surface area contributed by atoms with Crippen LogP contribution in [-0.2, 0) is 6.54 Å². The second-order valence-corrected chi connectivity index (χ2v) is 5.74. The molecule has 1 N–H and O–H groups in total. The Labute approximate surface area is 135 Å². The summed E-state index contributed by atoms with van der Waals surface area (Å²) in [5, 5.41) is 8.19. The van der Waals surface area contributed by atoms with E-state index >= 15 is 0 Å². The zero-order valence-electron chi connectivity index (χ0n) is 11.0. The van der Waals surface area contributed by atoms with E-state index in [0.717, 1.165) is 26.6 Å². The van der Waals surface area contributed by atoms with Crippen LogP contribution in [-0.4, -0.2) is 14.8 Å². The number of anilines is 1. The van der Waals surface area contributed by atoms with Crippen LogP contribution in [0.15, 0.2) is 59.5 Å². The average molecular weight is 364 g/mol. The summed E-state index contributed by atoms with van der Waals surface area (Å²) in [5.41, 5.74) is 2.09. The van der Waals surface area contributed by atoms with E-state index in [4.69, 9.17) is 11.6 Å². The molecule has 6 heteroatoms. The number of hydrogen-bond donors (Lipinski definition) is 1. The molecule has 3 aromatic rings. The van der Waals surface area contributed by atoms with E-state index in [1.165, 1.54) is 0 Å². The van der Waals surface area contributed by atoms with Gasteiger partial charge in [0.2, 0.25) is 0 Å². The van der Waals surface area contributed by atoms with E-state index in [1.807, 2.05) is 42.6 Å². The van der Waals surface area contributed by atoms with Crippen molar-refractivity contribution in [2.24, 2.45) is 0 Å². The van der Waals surface area contributed by atoms with Crippen molar-refractivity contribution in [2.45, 2.75) is 6.54 Å². The normalized spacial score (nSPS) is 10.6. The molecule has 0 aliphatic rings. The first kappa shape index (κ1) is 14.1. The fraction of sp³-hybridized carbons (Fsp3) is 0.0667. The molecule has 0 atom stereocenters. The molecular formula is C15H12BrClN4. The highest BCUT2D eigenvalue weighted by molar-refractivity contribution is 9.10. The lowest BCUT2D eigenvalue weighted by Gasteiger charge is -2.09. The lowest BCUT2D eigenvalue weighted by molar-refractivity contribution is 0.847. The second-order valence-electron chi connectivity index (χ2n) is 4.44. The largest absolute Gasteiger partial charge is 0.380 e. The molecule has 0 radical (unpaired) electrons. The number of benzene rings is 1. The first-order chi connectivity index (χ1) is 10.2. The summed E-state index contributed by atoms with van der Waals surface area (Å²) in [6.45, 7) is 0.695. The number of pyridine rings is 1. The minimum Gasteiger partial charge on any atom is -0.380 e. The van der Waals surface area contributed by atoms with Crippen molar-refractivity contribution in [3.8, 4) is 5.82 Å². The number of nitrogens with zero attached hydrogens (tertiary/aromatic N) is 3. The molecule has 0 saturated heterocycles. The van der Waals surface area contributed by atoms with Crippen molar-refractivity contribution in [1.29, 1.82) is 0 Å². The first-order valence-electron chi connectivity index (χ1n) is 6.36. The summed E-state index contributed by atoms with van der Waals surface area (Å²) in [6.07, 6.45) is 5.38. The molecule has 0 spiro atoms. The average Bonchev–Trinajstić information content (AvgIpc) is 3.01. The van der Waals surface area contributed by atoms with Crippen molar-refractivity contribution in [2.75, 3.05) is 5.32 Å². The molecule has 0 aliphatic heterocycles. The molecule has 0 unspecified atom stereocenters. The monoisotopic (exact) mass is 362 g/mol. The fourth-order valence-electron chi connectivity index (χ4n) is 1.89. The molecule has 1 aromatic carbocycles. The molecule has 2 aromatic heterocycles. The van der Waals surface area contributed by atoms with Gasteiger partial charge in [-0.3, -0.25) is 0 Å². The minimum atomic E-state index is 0.695. The van der Waals surface area contributed by atoms with Crippen molar-refractivity contribution in [3.05, 3.63) is 70.0 Å². The van der Waals surface area contributed by atoms with Gasteiger partial charge in [0.1, 0.15) is 0 Å². The maximum atomic E-state index is 5.93. The van der Waals surface area contributed by atoms with Crippen molar-refractivity contribution >= 4 is 33.2 Å². The van der Waals surface area contributed by atoms with Gasteiger partial charge in [0.15, 0.2) is 5.82 Å². The lowest BCUT2D eigenvalue weighted by atomic mass is 10.2. The predicted molar refractivity (Wildman–Crippen MR) is 87.8 cm³/mol. The first-order valence-corrected chi connectivity index (χ1v) is 7.53. The van der Waals surface area contributed by atoms with Crippen LogP contribution in [0, 0.1) is 0 Å². The van der Waals surface area contributed by atoms with Gasteiger partial charge in [-0.25, -0.2) is 9.67 Å². The molecule has 0 fully saturated rings. The highest BCUT2D eigenvalue weighted by atomic mass is 79.9. The third-order valence-corrected chi connectivity index (χ3v) is 3.96. The second kappa shape index (κ2) is 6.28. The third kappa shape index (κ3) is 3.43. The Morgan fingerprint density at radius 3 is 2.81 bits per heavy atom. The third-order valence-electron chi connectivity index (χ3n) is 2.99. The Morgan fingerprint density at radius 1 is 1.24 bits per heavy atom. The van der Waals surface area contributed by atoms with Crippen LogP contribution in [0.1, 0.15) is 5.56 Å². The van der Waals surface area contributed by atoms with Gasteiger partial charge in [-0.05, 0) is 35.9 Å². The number of hydrogen-bond acceptors (Lipinski definition) is 3. The highest BCUT2D eigenvalue weighted by Gasteiger charge is 2.02. The fourth-order valence-corrected chi connectivity index (χ4v) is 2.72. The Hall–Kier alpha value is -1.85. The van der Waals surface area contributed by atoms with E-state index in [9.17, 15) is 0 Å². The maximum Gasteiger partial charge on any atom is 0.153 e. The Balaban J connectivity index is 1.68. The van der Waals surface area contributed by atoms with E-state index in [1.54, 1.807) is 17.1 Å². The van der Waals surface area contributed by atoms with Gasteiger partial charge < -0.3 is 5.32 Å². The Morgan fingerprint density at radius 2 is 2.14 bits per heavy atom. The van der Waals surface area contributed by atoms with Gasteiger partial charge in [-0.15, -0.1) is 0 Å². The van der Waals surface area contributed by atoms with Gasteiger partial charge in [0, 0.05) is 28.4 Å². The zero-order chi connectivity index (χ0) is 14.7. The van der Waals surface area contributed by atoms with Crippen molar-refractivity contribution in [3.63, 3.8) is 0 Å². The Bertz CT molecular complexity index is 726. The standard InChI is InChI=1S/C15H12BrClN4/c16-14-8-12(17)3-2-11(14)9-18-13-4-5-15(19-10-13)21-7-1-6-20-21/h1-8,10,18H,9H2. The highest BCUT2D eigenvalue weighted by Crippen LogP contribution is 2.22. The number of nitrogens with one attached hydrogen (secondary N) is 1. The molecule has 106 valence electrons. The van der Waals surface area contributed by atoms with Crippen LogP contribution in [0.4, 0.5) is 5.69 Å². The minimum absolute atomic E-state index is 0.695. The predicted octanol–water partition coefficient (Wildman–Crippen LogP) is 4.30. The number of halogens is 2. The van der Waals surface area contributed by atoms with E-state index in [0.29, 0.717) is 6.54 Å². The molecular weight excluding hydrogens is 352 g/mol. The summed E-state index contributed by atoms with van der Waals surface area (Å²) in [5.74, 6) is 0.790. The van der Waals surface area contributed by atoms with Gasteiger partial charge >= 0.3 is 0 Å². The molecule has 0 bridgehead atoms. The van der Waals surface area contributed by atoms with Crippen molar-refractivity contribution in [1.82, 2.24) is 14.8 Å². The summed E-state index contributed by atoms with van der Waals surface area (Å²) in [7, 11) is 0. The number of aromatic nitrogens is 3. The maximum absolute atomic E-state index is 5.93. The van der Waals surface area contributed by atoms with Crippen LogP contribution >= 0.6 is 27.5 Å². The van der Waals surface area contributed by atoms with Crippen molar-refractivity contribution < 1.29 is 0 Å². The lowest BCUT2D eigenvalue weighted by Crippen LogP contribution is -2.02. The van der Waals surface area contributed by atoms with E-state index < -0.39 is 0 Å². The van der Waals surface area contributed by atoms with Gasteiger partial charge in [0.25, 0.3) is 0 Å².